The first-order chi connectivity index (χ1) is 16.8. The van der Waals surface area contributed by atoms with Gasteiger partial charge in [-0.1, -0.05) is 0 Å². The van der Waals surface area contributed by atoms with Crippen molar-refractivity contribution in [3.05, 3.63) is 78.1 Å². The molecular formula is C28H34AsN5. The van der Waals surface area contributed by atoms with E-state index in [-0.39, 0.29) is 0 Å². The molecule has 1 aliphatic heterocycles. The van der Waals surface area contributed by atoms with E-state index >= 15 is 0 Å². The summed E-state index contributed by atoms with van der Waals surface area (Å²) >= 11 is -0.867. The van der Waals surface area contributed by atoms with E-state index in [4.69, 9.17) is 4.98 Å². The predicted octanol–water partition coefficient (Wildman–Crippen LogP) is 5.63. The Labute approximate surface area is 207 Å². The van der Waals surface area contributed by atoms with E-state index in [1.165, 1.54) is 63.9 Å². The minimum absolute atomic E-state index is 0.696. The number of aromatic nitrogens is 3. The van der Waals surface area contributed by atoms with Crippen molar-refractivity contribution >= 4 is 31.5 Å². The molecule has 2 aromatic carbocycles. The maximum atomic E-state index is 4.82. The Hall–Kier alpha value is -2.62. The van der Waals surface area contributed by atoms with E-state index in [0.717, 1.165) is 23.4 Å². The van der Waals surface area contributed by atoms with Gasteiger partial charge in [-0.15, -0.1) is 0 Å². The number of nitrogens with zero attached hydrogens (tertiary/aromatic N) is 2. The number of piperidine rings is 1. The van der Waals surface area contributed by atoms with Crippen LogP contribution in [0.4, 0.5) is 5.95 Å². The molecular weight excluding hydrogens is 481 g/mol. The normalized spacial score (nSPS) is 15.4. The number of benzene rings is 2. The summed E-state index contributed by atoms with van der Waals surface area (Å²) in [7, 11) is 0. The van der Waals surface area contributed by atoms with E-state index in [1.54, 1.807) is 0 Å². The average molecular weight is 516 g/mol. The van der Waals surface area contributed by atoms with Gasteiger partial charge in [0.05, 0.1) is 0 Å². The third-order valence-electron chi connectivity index (χ3n) is 6.81. The molecule has 176 valence electrons. The number of anilines is 1. The summed E-state index contributed by atoms with van der Waals surface area (Å²) in [6, 6.07) is 19.7. The first-order valence-corrected chi connectivity index (χ1v) is 16.2. The molecule has 3 heterocycles. The second-order valence-electron chi connectivity index (χ2n) is 9.09. The fourth-order valence-electron chi connectivity index (χ4n) is 4.92. The number of H-pyrrole nitrogens is 1. The molecule has 6 heteroatoms. The van der Waals surface area contributed by atoms with Crippen LogP contribution in [-0.2, 0) is 11.6 Å². The van der Waals surface area contributed by atoms with E-state index in [0.29, 0.717) is 5.95 Å². The number of aromatic amines is 1. The zero-order chi connectivity index (χ0) is 23.2. The molecule has 1 unspecified atom stereocenters. The Kier molecular flexibility index (Phi) is 7.62. The quantitative estimate of drug-likeness (QED) is 0.253. The van der Waals surface area contributed by atoms with Crippen LogP contribution in [-0.4, -0.2) is 49.2 Å². The second-order valence-corrected chi connectivity index (χ2v) is 15.1. The van der Waals surface area contributed by atoms with Crippen molar-refractivity contribution in [3.63, 3.8) is 0 Å². The Bertz CT molecular complexity index is 1210. The van der Waals surface area contributed by atoms with Gasteiger partial charge < -0.3 is 4.98 Å². The second kappa shape index (κ2) is 11.2. The molecule has 0 radical (unpaired) electrons. The van der Waals surface area contributed by atoms with E-state index in [9.17, 15) is 0 Å². The van der Waals surface area contributed by atoms with Crippen molar-refractivity contribution in [2.24, 2.45) is 0 Å². The van der Waals surface area contributed by atoms with Gasteiger partial charge in [-0.3, -0.25) is 0 Å². The molecule has 1 fully saturated rings. The van der Waals surface area contributed by atoms with Crippen LogP contribution >= 0.6 is 0 Å². The van der Waals surface area contributed by atoms with E-state index < -0.39 is 14.7 Å². The van der Waals surface area contributed by atoms with Crippen molar-refractivity contribution in [2.75, 3.05) is 25.0 Å². The van der Waals surface area contributed by atoms with Crippen LogP contribution in [0.2, 0.25) is 9.91 Å². The molecule has 1 saturated heterocycles. The number of hydrogen-bond acceptors (Lipinski definition) is 4. The van der Waals surface area contributed by atoms with Gasteiger partial charge in [0, 0.05) is 11.7 Å². The predicted molar refractivity (Wildman–Crippen MR) is 144 cm³/mol. The molecule has 1 aliphatic rings. The van der Waals surface area contributed by atoms with Gasteiger partial charge in [-0.25, -0.2) is 0 Å². The van der Waals surface area contributed by atoms with Crippen LogP contribution in [0.15, 0.2) is 67.0 Å². The monoisotopic (exact) mass is 515 g/mol. The molecule has 34 heavy (non-hydrogen) atoms. The standard InChI is InChI=1S/C28H34AsN5/c1-2-29(25-10-13-30-14-11-25)20-22-4-3-5-23(19-22)27-12-17-33-28(34-27)32-15-8-21-6-7-26-24(18-21)9-16-31-26/h3-7,9,12,16-19,25,30-31H,2,8,10-11,13-15,20H2,1H3,(H,32,33,34). The molecule has 4 aromatic rings. The molecule has 0 aliphatic carbocycles. The molecule has 0 bridgehead atoms. The van der Waals surface area contributed by atoms with Crippen molar-refractivity contribution in [3.8, 4) is 11.3 Å². The van der Waals surface area contributed by atoms with Crippen LogP contribution in [0.3, 0.4) is 0 Å². The Balaban J connectivity index is 1.22. The van der Waals surface area contributed by atoms with Crippen molar-refractivity contribution < 1.29 is 0 Å². The van der Waals surface area contributed by atoms with Gasteiger partial charge in [0.15, 0.2) is 0 Å². The van der Waals surface area contributed by atoms with Crippen LogP contribution in [0.5, 0.6) is 0 Å². The molecule has 3 N–H and O–H groups in total. The van der Waals surface area contributed by atoms with Gasteiger partial charge in [-0.2, -0.15) is 0 Å². The zero-order valence-corrected chi connectivity index (χ0v) is 21.8. The SMILES string of the molecule is CC[As](Cc1cccc(-c2ccnc(NCCc3ccc4[nH]ccc4c3)n2)c1)C1CCNCC1. The van der Waals surface area contributed by atoms with Crippen LogP contribution in [0.1, 0.15) is 30.9 Å². The zero-order valence-electron chi connectivity index (χ0n) is 19.9. The fourth-order valence-corrected chi connectivity index (χ4v) is 10.5. The molecule has 0 spiro atoms. The third kappa shape index (κ3) is 5.71. The van der Waals surface area contributed by atoms with Crippen LogP contribution < -0.4 is 10.6 Å². The van der Waals surface area contributed by atoms with Crippen molar-refractivity contribution in [1.82, 2.24) is 20.3 Å². The number of fused-ring (bicyclic) bond motifs is 1. The average Bonchev–Trinajstić information content (AvgIpc) is 3.36. The van der Waals surface area contributed by atoms with Crippen molar-refractivity contribution in [2.45, 2.75) is 41.3 Å². The topological polar surface area (TPSA) is 65.6 Å². The summed E-state index contributed by atoms with van der Waals surface area (Å²) in [4.78, 5) is 12.5. The summed E-state index contributed by atoms with van der Waals surface area (Å²) in [5.41, 5.74) is 6.15. The first-order valence-electron chi connectivity index (χ1n) is 12.5. The van der Waals surface area contributed by atoms with Gasteiger partial charge in [-0.05, 0) is 17.5 Å². The van der Waals surface area contributed by atoms with Gasteiger partial charge in [0.2, 0.25) is 0 Å². The fraction of sp³-hybridized carbons (Fsp3) is 0.357. The first kappa shape index (κ1) is 23.1. The molecule has 2 aromatic heterocycles. The Morgan fingerprint density at radius 1 is 1.03 bits per heavy atom. The van der Waals surface area contributed by atoms with E-state index in [2.05, 4.69) is 76.1 Å². The number of hydrogen-bond donors (Lipinski definition) is 3. The molecule has 1 atom stereocenters. The van der Waals surface area contributed by atoms with Gasteiger partial charge >= 0.3 is 173 Å². The number of nitrogens with one attached hydrogen (secondary N) is 3. The molecule has 5 rings (SSSR count). The Morgan fingerprint density at radius 2 is 1.94 bits per heavy atom. The number of rotatable bonds is 9. The molecule has 0 amide bonds. The van der Waals surface area contributed by atoms with Crippen LogP contribution in [0.25, 0.3) is 22.2 Å². The van der Waals surface area contributed by atoms with Crippen LogP contribution in [0, 0.1) is 0 Å². The summed E-state index contributed by atoms with van der Waals surface area (Å²) in [6.45, 7) is 5.62. The third-order valence-corrected chi connectivity index (χ3v) is 13.4. The van der Waals surface area contributed by atoms with Crippen molar-refractivity contribution in [1.29, 1.82) is 0 Å². The summed E-state index contributed by atoms with van der Waals surface area (Å²) in [5.74, 6) is 0.696. The summed E-state index contributed by atoms with van der Waals surface area (Å²) in [6.07, 6.45) is 7.52. The summed E-state index contributed by atoms with van der Waals surface area (Å²) < 4.78 is 0.982. The summed E-state index contributed by atoms with van der Waals surface area (Å²) in [5, 5.41) is 10.9. The van der Waals surface area contributed by atoms with Gasteiger partial charge in [0.25, 0.3) is 0 Å². The minimum atomic E-state index is -0.867. The Morgan fingerprint density at radius 3 is 2.82 bits per heavy atom. The van der Waals surface area contributed by atoms with Gasteiger partial charge in [0.1, 0.15) is 0 Å². The maximum absolute atomic E-state index is 4.82. The molecule has 5 nitrogen and oxygen atoms in total. The molecule has 0 saturated carbocycles. The van der Waals surface area contributed by atoms with E-state index in [1.807, 2.05) is 18.5 Å².